The van der Waals surface area contributed by atoms with Gasteiger partial charge in [0.15, 0.2) is 5.03 Å². The highest BCUT2D eigenvalue weighted by atomic mass is 32.2. The molecule has 1 aromatic carbocycles. The van der Waals surface area contributed by atoms with E-state index in [1.165, 1.54) is 12.5 Å². The highest BCUT2D eigenvalue weighted by Crippen LogP contribution is 2.15. The second kappa shape index (κ2) is 5.33. The van der Waals surface area contributed by atoms with E-state index in [1.54, 1.807) is 42.8 Å². The third-order valence-corrected chi connectivity index (χ3v) is 3.93. The number of anilines is 1. The van der Waals surface area contributed by atoms with Crippen molar-refractivity contribution in [3.05, 3.63) is 42.4 Å². The largest absolute Gasteiger partial charge is 0.411 e. The van der Waals surface area contributed by atoms with E-state index < -0.39 is 10.0 Å². The lowest BCUT2D eigenvalue weighted by atomic mass is 10.1. The molecule has 8 heteroatoms. The van der Waals surface area contributed by atoms with Gasteiger partial charge in [-0.1, -0.05) is 17.3 Å². The van der Waals surface area contributed by atoms with Gasteiger partial charge in [0.1, 0.15) is 0 Å². The molecule has 1 heterocycles. The first-order valence-corrected chi connectivity index (χ1v) is 7.20. The smallest absolute Gasteiger partial charge is 0.280 e. The number of aryl methyl sites for hydroxylation is 1. The van der Waals surface area contributed by atoms with Crippen LogP contribution in [0, 0.1) is 0 Å². The van der Waals surface area contributed by atoms with Gasteiger partial charge in [-0.05, 0) is 24.6 Å². The molecule has 106 valence electrons. The molecule has 7 nitrogen and oxygen atoms in total. The van der Waals surface area contributed by atoms with E-state index in [2.05, 4.69) is 14.9 Å². The van der Waals surface area contributed by atoms with Gasteiger partial charge >= 0.3 is 0 Å². The summed E-state index contributed by atoms with van der Waals surface area (Å²) in [6.45, 7) is 1.65. The number of aromatic nitrogens is 2. The Morgan fingerprint density at radius 2 is 2.00 bits per heavy atom. The molecule has 0 saturated carbocycles. The van der Waals surface area contributed by atoms with Gasteiger partial charge in [0, 0.05) is 18.9 Å². The van der Waals surface area contributed by atoms with Gasteiger partial charge in [0.05, 0.1) is 12.0 Å². The van der Waals surface area contributed by atoms with E-state index >= 15 is 0 Å². The van der Waals surface area contributed by atoms with E-state index in [1.807, 2.05) is 0 Å². The molecule has 2 rings (SSSR count). The Morgan fingerprint density at radius 3 is 2.50 bits per heavy atom. The topological polar surface area (TPSA) is 96.6 Å². The predicted octanol–water partition coefficient (Wildman–Crippen LogP) is 1.42. The standard InChI is InChI=1S/C12H14N4O3S/c1-9(14-17)10-3-5-11(6-4-10)15-20(18,19)12-7-16(2)8-13-12/h3-8,15,17H,1-2H3. The van der Waals surface area contributed by atoms with Crippen LogP contribution in [0.15, 0.2) is 47.0 Å². The van der Waals surface area contributed by atoms with Crippen molar-refractivity contribution in [2.45, 2.75) is 11.9 Å². The van der Waals surface area contributed by atoms with Crippen LogP contribution in [0.4, 0.5) is 5.69 Å². The summed E-state index contributed by atoms with van der Waals surface area (Å²) < 4.78 is 28.1. The van der Waals surface area contributed by atoms with E-state index in [-0.39, 0.29) is 5.03 Å². The molecule has 0 aliphatic heterocycles. The SMILES string of the molecule is CC(=NO)c1ccc(NS(=O)(=O)c2cn(C)cn2)cc1. The summed E-state index contributed by atoms with van der Waals surface area (Å²) in [5, 5.41) is 11.7. The summed E-state index contributed by atoms with van der Waals surface area (Å²) in [4.78, 5) is 3.80. The summed E-state index contributed by atoms with van der Waals surface area (Å²) in [7, 11) is -2.00. The third kappa shape index (κ3) is 2.97. The monoisotopic (exact) mass is 294 g/mol. The van der Waals surface area contributed by atoms with Crippen molar-refractivity contribution in [2.24, 2.45) is 12.2 Å². The quantitative estimate of drug-likeness (QED) is 0.506. The van der Waals surface area contributed by atoms with Crippen LogP contribution in [0.3, 0.4) is 0 Å². The first kappa shape index (κ1) is 14.1. The molecule has 0 bridgehead atoms. The average Bonchev–Trinajstić information content (AvgIpc) is 2.86. The van der Waals surface area contributed by atoms with E-state index in [0.29, 0.717) is 17.0 Å². The Labute approximate surface area is 116 Å². The highest BCUT2D eigenvalue weighted by Gasteiger charge is 2.16. The zero-order chi connectivity index (χ0) is 14.8. The number of nitrogens with zero attached hydrogens (tertiary/aromatic N) is 3. The molecule has 0 spiro atoms. The lowest BCUT2D eigenvalue weighted by Gasteiger charge is -2.06. The van der Waals surface area contributed by atoms with Crippen molar-refractivity contribution in [1.29, 1.82) is 0 Å². The first-order valence-electron chi connectivity index (χ1n) is 5.72. The molecule has 0 aliphatic carbocycles. The Bertz CT molecular complexity index is 732. The van der Waals surface area contributed by atoms with E-state index in [9.17, 15) is 8.42 Å². The van der Waals surface area contributed by atoms with Crippen LogP contribution in [0.2, 0.25) is 0 Å². The van der Waals surface area contributed by atoms with Crippen LogP contribution < -0.4 is 4.72 Å². The number of oxime groups is 1. The van der Waals surface area contributed by atoms with Gasteiger partial charge in [-0.15, -0.1) is 0 Å². The normalized spacial score (nSPS) is 12.4. The van der Waals surface area contributed by atoms with Gasteiger partial charge in [0.25, 0.3) is 10.0 Å². The summed E-state index contributed by atoms with van der Waals surface area (Å²) >= 11 is 0. The molecule has 20 heavy (non-hydrogen) atoms. The second-order valence-electron chi connectivity index (χ2n) is 4.25. The number of rotatable bonds is 4. The Kier molecular flexibility index (Phi) is 3.75. The number of nitrogens with one attached hydrogen (secondary N) is 1. The summed E-state index contributed by atoms with van der Waals surface area (Å²) in [5.74, 6) is 0. The van der Waals surface area contributed by atoms with Crippen molar-refractivity contribution >= 4 is 21.4 Å². The molecule has 0 saturated heterocycles. The Balaban J connectivity index is 2.22. The summed E-state index contributed by atoms with van der Waals surface area (Å²) in [6, 6.07) is 6.49. The van der Waals surface area contributed by atoms with Gasteiger partial charge in [-0.3, -0.25) is 4.72 Å². The van der Waals surface area contributed by atoms with Crippen molar-refractivity contribution in [1.82, 2.24) is 9.55 Å². The maximum atomic E-state index is 12.0. The lowest BCUT2D eigenvalue weighted by molar-refractivity contribution is 0.319. The zero-order valence-electron chi connectivity index (χ0n) is 11.0. The Hall–Kier alpha value is -2.35. The van der Waals surface area contributed by atoms with Gasteiger partial charge in [-0.2, -0.15) is 8.42 Å². The summed E-state index contributed by atoms with van der Waals surface area (Å²) in [5.41, 5.74) is 1.56. The molecule has 2 aromatic rings. The highest BCUT2D eigenvalue weighted by molar-refractivity contribution is 7.92. The maximum Gasteiger partial charge on any atom is 0.280 e. The lowest BCUT2D eigenvalue weighted by Crippen LogP contribution is -2.13. The molecule has 0 amide bonds. The molecule has 0 atom stereocenters. The van der Waals surface area contributed by atoms with Gasteiger partial charge in [0.2, 0.25) is 0 Å². The van der Waals surface area contributed by atoms with Crippen LogP contribution >= 0.6 is 0 Å². The number of imidazole rings is 1. The van der Waals surface area contributed by atoms with Gasteiger partial charge in [-0.25, -0.2) is 4.98 Å². The van der Waals surface area contributed by atoms with E-state index in [0.717, 1.165) is 0 Å². The number of benzene rings is 1. The van der Waals surface area contributed by atoms with Crippen molar-refractivity contribution in [3.63, 3.8) is 0 Å². The minimum atomic E-state index is -3.69. The first-order chi connectivity index (χ1) is 9.42. The second-order valence-corrected chi connectivity index (χ2v) is 5.87. The van der Waals surface area contributed by atoms with Crippen LogP contribution in [-0.2, 0) is 17.1 Å². The van der Waals surface area contributed by atoms with Crippen LogP contribution in [0.5, 0.6) is 0 Å². The molecule has 0 radical (unpaired) electrons. The van der Waals surface area contributed by atoms with Crippen molar-refractivity contribution < 1.29 is 13.6 Å². The molecule has 0 fully saturated rings. The van der Waals surface area contributed by atoms with Crippen LogP contribution in [0.25, 0.3) is 0 Å². The fraction of sp³-hybridized carbons (Fsp3) is 0.167. The van der Waals surface area contributed by atoms with Crippen LogP contribution in [0.1, 0.15) is 12.5 Å². The number of hydrogen-bond donors (Lipinski definition) is 2. The zero-order valence-corrected chi connectivity index (χ0v) is 11.8. The minimum Gasteiger partial charge on any atom is -0.411 e. The maximum absolute atomic E-state index is 12.0. The van der Waals surface area contributed by atoms with Crippen molar-refractivity contribution in [2.75, 3.05) is 4.72 Å². The Morgan fingerprint density at radius 1 is 1.35 bits per heavy atom. The average molecular weight is 294 g/mol. The van der Waals surface area contributed by atoms with Crippen molar-refractivity contribution in [3.8, 4) is 0 Å². The fourth-order valence-corrected chi connectivity index (χ4v) is 2.61. The molecule has 0 aliphatic rings. The van der Waals surface area contributed by atoms with Gasteiger partial charge < -0.3 is 9.77 Å². The molecule has 0 unspecified atom stereocenters. The fourth-order valence-electron chi connectivity index (χ4n) is 1.57. The summed E-state index contributed by atoms with van der Waals surface area (Å²) in [6.07, 6.45) is 2.83. The predicted molar refractivity (Wildman–Crippen MR) is 74.5 cm³/mol. The molecular weight excluding hydrogens is 280 g/mol. The number of hydrogen-bond acceptors (Lipinski definition) is 5. The molecule has 2 N–H and O–H groups in total. The minimum absolute atomic E-state index is 0.0443. The third-order valence-electron chi connectivity index (χ3n) is 2.66. The van der Waals surface area contributed by atoms with Crippen LogP contribution in [-0.4, -0.2) is 28.9 Å². The molecule has 1 aromatic heterocycles. The number of sulfonamides is 1. The molecular formula is C12H14N4O3S. The van der Waals surface area contributed by atoms with E-state index in [4.69, 9.17) is 5.21 Å².